The normalized spacial score (nSPS) is 53.8. The van der Waals surface area contributed by atoms with Crippen molar-refractivity contribution < 1.29 is 0 Å². The summed E-state index contributed by atoms with van der Waals surface area (Å²) in [5, 5.41) is 3.79. The summed E-state index contributed by atoms with van der Waals surface area (Å²) in [6, 6.07) is 2.01. The first kappa shape index (κ1) is 21.3. The number of aliphatic imine (C=N–C) groups is 3. The summed E-state index contributed by atoms with van der Waals surface area (Å²) < 4.78 is 0. The van der Waals surface area contributed by atoms with E-state index in [1.807, 2.05) is 46.4 Å². The van der Waals surface area contributed by atoms with Crippen molar-refractivity contribution in [1.29, 1.82) is 0 Å². The van der Waals surface area contributed by atoms with Gasteiger partial charge in [-0.25, -0.2) is 0 Å². The molecule has 0 saturated heterocycles. The highest BCUT2D eigenvalue weighted by molar-refractivity contribution is 8.14. The lowest BCUT2D eigenvalue weighted by Crippen LogP contribution is -2.47. The summed E-state index contributed by atoms with van der Waals surface area (Å²) in [6.45, 7) is 16.0. The van der Waals surface area contributed by atoms with Crippen molar-refractivity contribution in [3.63, 3.8) is 0 Å². The maximum atomic E-state index is 4.57. The van der Waals surface area contributed by atoms with E-state index in [2.05, 4.69) is 63.4 Å². The monoisotopic (exact) mass is 437 g/mol. The maximum absolute atomic E-state index is 4.57. The van der Waals surface area contributed by atoms with Crippen LogP contribution in [0.3, 0.4) is 0 Å². The lowest BCUT2D eigenvalue weighted by atomic mass is 9.71. The second kappa shape index (κ2) is 8.30. The number of thioether (sulfide) groups is 3. The molecule has 6 heteroatoms. The highest BCUT2D eigenvalue weighted by Gasteiger charge is 2.49. The molecule has 0 bridgehead atoms. The summed E-state index contributed by atoms with van der Waals surface area (Å²) in [6.07, 6.45) is 0. The van der Waals surface area contributed by atoms with Gasteiger partial charge >= 0.3 is 0 Å². The SMILES string of the molecule is CC1=NC2C(C)C(C)C2S1.CC1C(C)C2SC=NC12.CC1C(C)C2SC=NC12. The Labute approximate surface area is 183 Å². The topological polar surface area (TPSA) is 37.1 Å². The lowest BCUT2D eigenvalue weighted by molar-refractivity contribution is 0.192. The fraction of sp³-hybridized carbons (Fsp3) is 0.864. The van der Waals surface area contributed by atoms with Crippen LogP contribution in [0.15, 0.2) is 15.0 Å². The van der Waals surface area contributed by atoms with Gasteiger partial charge in [-0.1, -0.05) is 41.5 Å². The Morgan fingerprint density at radius 1 is 0.607 bits per heavy atom. The average molecular weight is 438 g/mol. The number of fused-ring (bicyclic) bond motifs is 3. The number of nitrogens with zero attached hydrogens (tertiary/aromatic N) is 3. The first-order chi connectivity index (χ1) is 13.3. The van der Waals surface area contributed by atoms with Crippen LogP contribution in [-0.2, 0) is 0 Å². The molecule has 12 unspecified atom stereocenters. The maximum Gasteiger partial charge on any atom is 0.0662 e. The van der Waals surface area contributed by atoms with Crippen LogP contribution in [0.4, 0.5) is 0 Å². The van der Waals surface area contributed by atoms with E-state index in [4.69, 9.17) is 0 Å². The van der Waals surface area contributed by atoms with Crippen molar-refractivity contribution >= 4 is 51.4 Å². The third-order valence-electron chi connectivity index (χ3n) is 8.21. The van der Waals surface area contributed by atoms with Gasteiger partial charge in [0.05, 0.1) is 34.3 Å². The van der Waals surface area contributed by atoms with Crippen molar-refractivity contribution in [2.75, 3.05) is 0 Å². The number of hydrogen-bond acceptors (Lipinski definition) is 6. The summed E-state index contributed by atoms with van der Waals surface area (Å²) in [5.74, 6) is 5.17. The predicted molar refractivity (Wildman–Crippen MR) is 131 cm³/mol. The van der Waals surface area contributed by atoms with Gasteiger partial charge in [0.15, 0.2) is 0 Å². The second-order valence-corrected chi connectivity index (χ2v) is 13.0. The standard InChI is InChI=1S/C8H13NS.2C7H11NS/c1-4-5(2)8-7(4)9-6(3)10-8;2*1-4-5(2)7-6(4)8-3-9-7/h4-5,7-8H,1-3H3;2*3-7H,1-2H3. The van der Waals surface area contributed by atoms with Crippen molar-refractivity contribution in [3.05, 3.63) is 0 Å². The van der Waals surface area contributed by atoms with Crippen LogP contribution in [-0.4, -0.2) is 50.0 Å². The zero-order valence-electron chi connectivity index (χ0n) is 18.1. The van der Waals surface area contributed by atoms with E-state index in [0.29, 0.717) is 18.1 Å². The van der Waals surface area contributed by atoms with Gasteiger partial charge < -0.3 is 0 Å². The molecule has 0 spiro atoms. The number of hydrogen-bond donors (Lipinski definition) is 0. The van der Waals surface area contributed by atoms with Gasteiger partial charge in [-0.2, -0.15) is 0 Å². The molecule has 0 aromatic carbocycles. The predicted octanol–water partition coefficient (Wildman–Crippen LogP) is 5.74. The van der Waals surface area contributed by atoms with E-state index in [1.54, 1.807) is 0 Å². The van der Waals surface area contributed by atoms with Crippen molar-refractivity contribution in [1.82, 2.24) is 0 Å². The number of rotatable bonds is 0. The molecule has 6 aliphatic rings. The van der Waals surface area contributed by atoms with E-state index in [-0.39, 0.29) is 0 Å². The molecule has 28 heavy (non-hydrogen) atoms. The molecule has 0 aromatic rings. The molecular formula is C22H35N3S3. The Hall–Kier alpha value is 0.0600. The summed E-state index contributed by atoms with van der Waals surface area (Å²) >= 11 is 5.80. The largest absolute Gasteiger partial charge is 0.282 e. The van der Waals surface area contributed by atoms with Crippen LogP contribution >= 0.6 is 35.3 Å². The van der Waals surface area contributed by atoms with Crippen LogP contribution in [0.25, 0.3) is 0 Å². The highest BCUT2D eigenvalue weighted by Crippen LogP contribution is 2.49. The first-order valence-electron chi connectivity index (χ1n) is 10.9. The highest BCUT2D eigenvalue weighted by atomic mass is 32.2. The van der Waals surface area contributed by atoms with Gasteiger partial charge in [-0.05, 0) is 42.4 Å². The summed E-state index contributed by atoms with van der Waals surface area (Å²) in [5.41, 5.74) is 4.05. The fourth-order valence-corrected chi connectivity index (χ4v) is 9.37. The van der Waals surface area contributed by atoms with Crippen LogP contribution in [0.2, 0.25) is 0 Å². The van der Waals surface area contributed by atoms with Gasteiger partial charge in [0.1, 0.15) is 0 Å². The Morgan fingerprint density at radius 3 is 1.46 bits per heavy atom. The Balaban J connectivity index is 0.000000103. The van der Waals surface area contributed by atoms with Crippen LogP contribution in [0, 0.1) is 35.5 Å². The fourth-order valence-electron chi connectivity index (χ4n) is 5.23. The van der Waals surface area contributed by atoms with E-state index in [0.717, 1.165) is 51.3 Å². The van der Waals surface area contributed by atoms with Gasteiger partial charge in [-0.3, -0.25) is 15.0 Å². The molecule has 156 valence electrons. The minimum atomic E-state index is 0.667. The quantitative estimate of drug-likeness (QED) is 0.484. The van der Waals surface area contributed by atoms with E-state index in [1.165, 1.54) is 5.04 Å². The molecule has 3 aliphatic heterocycles. The second-order valence-electron chi connectivity index (χ2n) is 9.57. The van der Waals surface area contributed by atoms with Gasteiger partial charge in [0.25, 0.3) is 0 Å². The lowest BCUT2D eigenvalue weighted by Gasteiger charge is -2.42. The third-order valence-corrected chi connectivity index (χ3v) is 12.2. The zero-order chi connectivity index (χ0) is 20.2. The molecule has 0 aromatic heterocycles. The van der Waals surface area contributed by atoms with E-state index in [9.17, 15) is 0 Å². The molecule has 6 rings (SSSR count). The van der Waals surface area contributed by atoms with Crippen LogP contribution in [0.5, 0.6) is 0 Å². The average Bonchev–Trinajstić information content (AvgIpc) is 3.43. The van der Waals surface area contributed by atoms with Crippen LogP contribution < -0.4 is 0 Å². The molecular weight excluding hydrogens is 402 g/mol. The van der Waals surface area contributed by atoms with Gasteiger partial charge in [0.2, 0.25) is 0 Å². The molecule has 3 saturated carbocycles. The van der Waals surface area contributed by atoms with Gasteiger partial charge in [0, 0.05) is 15.7 Å². The minimum absolute atomic E-state index is 0.667. The Morgan fingerprint density at radius 2 is 1.04 bits per heavy atom. The third kappa shape index (κ3) is 3.53. The molecule has 0 N–H and O–H groups in total. The molecule has 0 radical (unpaired) electrons. The first-order valence-corrected chi connectivity index (χ1v) is 13.6. The smallest absolute Gasteiger partial charge is 0.0662 e. The minimum Gasteiger partial charge on any atom is -0.282 e. The molecule has 0 amide bonds. The van der Waals surface area contributed by atoms with Crippen LogP contribution in [0.1, 0.15) is 48.5 Å². The van der Waals surface area contributed by atoms with Gasteiger partial charge in [-0.15, -0.1) is 35.3 Å². The summed E-state index contributed by atoms with van der Waals surface area (Å²) in [7, 11) is 0. The van der Waals surface area contributed by atoms with Crippen molar-refractivity contribution in [2.24, 2.45) is 50.5 Å². The molecule has 3 aliphatic carbocycles. The Kier molecular flexibility index (Phi) is 6.31. The van der Waals surface area contributed by atoms with E-state index >= 15 is 0 Å². The Bertz CT molecular complexity index is 642. The molecule has 3 fully saturated rings. The van der Waals surface area contributed by atoms with Crippen molar-refractivity contribution in [3.8, 4) is 0 Å². The molecule has 3 nitrogen and oxygen atoms in total. The van der Waals surface area contributed by atoms with Crippen molar-refractivity contribution in [2.45, 2.75) is 82.3 Å². The zero-order valence-corrected chi connectivity index (χ0v) is 20.6. The molecule has 12 atom stereocenters. The van der Waals surface area contributed by atoms with E-state index < -0.39 is 0 Å². The summed E-state index contributed by atoms with van der Waals surface area (Å²) in [4.78, 5) is 13.3. The molecule has 3 heterocycles.